The number of hydrogen-bond acceptors (Lipinski definition) is 3. The predicted molar refractivity (Wildman–Crippen MR) is 100 cm³/mol. The quantitative estimate of drug-likeness (QED) is 0.623. The molecule has 3 rings (SSSR count). The minimum atomic E-state index is 0.684. The highest BCUT2D eigenvalue weighted by Gasteiger charge is 2.13. The summed E-state index contributed by atoms with van der Waals surface area (Å²) in [6.45, 7) is 4.65. The van der Waals surface area contributed by atoms with E-state index in [1.807, 2.05) is 36.4 Å². The van der Waals surface area contributed by atoms with Gasteiger partial charge >= 0.3 is 0 Å². The van der Waals surface area contributed by atoms with Gasteiger partial charge in [0.15, 0.2) is 11.5 Å². The summed E-state index contributed by atoms with van der Waals surface area (Å²) < 4.78 is 13.8. The van der Waals surface area contributed by atoms with Gasteiger partial charge in [-0.15, -0.1) is 0 Å². The highest BCUT2D eigenvalue weighted by molar-refractivity contribution is 9.11. The summed E-state index contributed by atoms with van der Waals surface area (Å²) in [7, 11) is 3.28. The molecule has 1 heterocycles. The van der Waals surface area contributed by atoms with Gasteiger partial charge in [-0.2, -0.15) is 0 Å². The smallest absolute Gasteiger partial charge is 0.161 e. The van der Waals surface area contributed by atoms with Gasteiger partial charge < -0.3 is 14.0 Å². The summed E-state index contributed by atoms with van der Waals surface area (Å²) in [6, 6.07) is 14.1. The van der Waals surface area contributed by atoms with E-state index in [1.54, 1.807) is 14.2 Å². The Morgan fingerprint density at radius 1 is 1.12 bits per heavy atom. The fourth-order valence-electron chi connectivity index (χ4n) is 2.78. The van der Waals surface area contributed by atoms with Crippen molar-refractivity contribution in [3.8, 4) is 11.5 Å². The van der Waals surface area contributed by atoms with E-state index >= 15 is 0 Å². The van der Waals surface area contributed by atoms with E-state index in [0.717, 1.165) is 38.4 Å². The van der Waals surface area contributed by atoms with E-state index in [9.17, 15) is 0 Å². The van der Waals surface area contributed by atoms with Crippen LogP contribution in [0, 0.1) is 0 Å². The maximum Gasteiger partial charge on any atom is 0.161 e. The van der Waals surface area contributed by atoms with Crippen LogP contribution in [0.3, 0.4) is 0 Å². The summed E-state index contributed by atoms with van der Waals surface area (Å²) in [5, 5.41) is 0. The molecule has 0 aliphatic carbocycles. The molecule has 0 aliphatic heterocycles. The summed E-state index contributed by atoms with van der Waals surface area (Å²) in [6.07, 6.45) is 0.704. The fourth-order valence-corrected chi connectivity index (χ4v) is 3.03. The molecular formula is C19H19BrN2O2. The van der Waals surface area contributed by atoms with Crippen LogP contribution in [0.1, 0.15) is 11.4 Å². The Kier molecular flexibility index (Phi) is 4.90. The van der Waals surface area contributed by atoms with Gasteiger partial charge in [-0.05, 0) is 29.8 Å². The summed E-state index contributed by atoms with van der Waals surface area (Å²) in [5.74, 6) is 2.44. The zero-order valence-corrected chi connectivity index (χ0v) is 15.3. The Morgan fingerprint density at radius 2 is 1.88 bits per heavy atom. The number of rotatable bonds is 6. The Bertz CT molecular complexity index is 886. The van der Waals surface area contributed by atoms with Crippen molar-refractivity contribution in [3.05, 3.63) is 64.9 Å². The normalized spacial score (nSPS) is 10.8. The molecular weight excluding hydrogens is 368 g/mol. The van der Waals surface area contributed by atoms with E-state index < -0.39 is 0 Å². The van der Waals surface area contributed by atoms with Crippen molar-refractivity contribution in [2.75, 3.05) is 14.2 Å². The van der Waals surface area contributed by atoms with Crippen LogP contribution >= 0.6 is 15.9 Å². The lowest BCUT2D eigenvalue weighted by Crippen LogP contribution is -2.05. The minimum absolute atomic E-state index is 0.684. The molecule has 3 aromatic rings. The summed E-state index contributed by atoms with van der Waals surface area (Å²) >= 11 is 3.46. The van der Waals surface area contributed by atoms with Crippen molar-refractivity contribution < 1.29 is 9.47 Å². The van der Waals surface area contributed by atoms with E-state index in [2.05, 4.69) is 33.1 Å². The molecule has 4 nitrogen and oxygen atoms in total. The maximum atomic E-state index is 5.39. The standard InChI is InChI=1S/C19H19BrN2O2/c1-13(20)12-22-16-7-5-4-6-15(16)21-19(22)11-14-8-9-17(23-2)18(10-14)24-3/h4-10H,1,11-12H2,2-3H3. The second kappa shape index (κ2) is 7.09. The lowest BCUT2D eigenvalue weighted by atomic mass is 10.1. The lowest BCUT2D eigenvalue weighted by molar-refractivity contribution is 0.354. The number of fused-ring (bicyclic) bond motifs is 1. The summed E-state index contributed by atoms with van der Waals surface area (Å²) in [5.41, 5.74) is 3.21. The highest BCUT2D eigenvalue weighted by Crippen LogP contribution is 2.29. The number of halogens is 1. The van der Waals surface area contributed by atoms with Crippen LogP contribution in [0.5, 0.6) is 11.5 Å². The van der Waals surface area contributed by atoms with Gasteiger partial charge in [0.25, 0.3) is 0 Å². The number of para-hydroxylation sites is 2. The third-order valence-electron chi connectivity index (χ3n) is 3.87. The molecule has 0 amide bonds. The van der Waals surface area contributed by atoms with Crippen LogP contribution in [-0.4, -0.2) is 23.8 Å². The van der Waals surface area contributed by atoms with Crippen molar-refractivity contribution in [2.24, 2.45) is 0 Å². The number of methoxy groups -OCH3 is 2. The van der Waals surface area contributed by atoms with E-state index in [-0.39, 0.29) is 0 Å². The van der Waals surface area contributed by atoms with Crippen molar-refractivity contribution in [1.29, 1.82) is 0 Å². The first-order valence-corrected chi connectivity index (χ1v) is 8.40. The lowest BCUT2D eigenvalue weighted by Gasteiger charge is -2.11. The minimum Gasteiger partial charge on any atom is -0.493 e. The predicted octanol–water partition coefficient (Wildman–Crippen LogP) is 4.55. The zero-order chi connectivity index (χ0) is 17.1. The monoisotopic (exact) mass is 386 g/mol. The van der Waals surface area contributed by atoms with Crippen molar-refractivity contribution >= 4 is 27.0 Å². The van der Waals surface area contributed by atoms with Crippen LogP contribution in [-0.2, 0) is 13.0 Å². The Morgan fingerprint density at radius 3 is 2.58 bits per heavy atom. The number of nitrogens with zero attached hydrogens (tertiary/aromatic N) is 2. The molecule has 0 saturated carbocycles. The first kappa shape index (κ1) is 16.6. The molecule has 0 fully saturated rings. The Labute approximate surface area is 149 Å². The summed E-state index contributed by atoms with van der Waals surface area (Å²) in [4.78, 5) is 4.79. The van der Waals surface area contributed by atoms with Crippen LogP contribution in [0.4, 0.5) is 0 Å². The Hall–Kier alpha value is -2.27. The molecule has 0 radical (unpaired) electrons. The molecule has 24 heavy (non-hydrogen) atoms. The van der Waals surface area contributed by atoms with E-state index in [1.165, 1.54) is 0 Å². The molecule has 0 bridgehead atoms. The maximum absolute atomic E-state index is 5.39. The van der Waals surface area contributed by atoms with Gasteiger partial charge in [0.1, 0.15) is 5.82 Å². The molecule has 0 unspecified atom stereocenters. The largest absolute Gasteiger partial charge is 0.493 e. The number of allylic oxidation sites excluding steroid dienone is 1. The van der Waals surface area contributed by atoms with Crippen LogP contribution in [0.25, 0.3) is 11.0 Å². The second-order valence-electron chi connectivity index (χ2n) is 5.49. The average molecular weight is 387 g/mol. The molecule has 124 valence electrons. The number of imidazole rings is 1. The van der Waals surface area contributed by atoms with Crippen molar-refractivity contribution in [3.63, 3.8) is 0 Å². The van der Waals surface area contributed by atoms with Crippen LogP contribution < -0.4 is 9.47 Å². The molecule has 0 aliphatic rings. The zero-order valence-electron chi connectivity index (χ0n) is 13.8. The average Bonchev–Trinajstić information content (AvgIpc) is 2.91. The second-order valence-corrected chi connectivity index (χ2v) is 6.61. The fraction of sp³-hybridized carbons (Fsp3) is 0.211. The highest BCUT2D eigenvalue weighted by atomic mass is 79.9. The SMILES string of the molecule is C=C(Br)Cn1c(Cc2ccc(OC)c(OC)c2)nc2ccccc21. The molecule has 0 spiro atoms. The third kappa shape index (κ3) is 3.31. The third-order valence-corrected chi connectivity index (χ3v) is 4.12. The number of benzene rings is 2. The first-order valence-electron chi connectivity index (χ1n) is 7.60. The molecule has 2 aromatic carbocycles. The number of aromatic nitrogens is 2. The van der Waals surface area contributed by atoms with E-state index in [0.29, 0.717) is 13.0 Å². The Balaban J connectivity index is 2.02. The van der Waals surface area contributed by atoms with Gasteiger partial charge in [-0.1, -0.05) is 40.7 Å². The van der Waals surface area contributed by atoms with Gasteiger partial charge in [0.2, 0.25) is 0 Å². The molecule has 0 saturated heterocycles. The molecule has 0 N–H and O–H groups in total. The van der Waals surface area contributed by atoms with Crippen molar-refractivity contribution in [2.45, 2.75) is 13.0 Å². The molecule has 5 heteroatoms. The molecule has 0 atom stereocenters. The van der Waals surface area contributed by atoms with Gasteiger partial charge in [-0.3, -0.25) is 0 Å². The van der Waals surface area contributed by atoms with E-state index in [4.69, 9.17) is 14.5 Å². The number of ether oxygens (including phenoxy) is 2. The van der Waals surface area contributed by atoms with Crippen LogP contribution in [0.2, 0.25) is 0 Å². The van der Waals surface area contributed by atoms with Crippen LogP contribution in [0.15, 0.2) is 53.5 Å². The van der Waals surface area contributed by atoms with Crippen molar-refractivity contribution in [1.82, 2.24) is 9.55 Å². The van der Waals surface area contributed by atoms with Gasteiger partial charge in [-0.25, -0.2) is 4.98 Å². The first-order chi connectivity index (χ1) is 11.6. The number of hydrogen-bond donors (Lipinski definition) is 0. The van der Waals surface area contributed by atoms with Gasteiger partial charge in [0.05, 0.1) is 31.8 Å². The van der Waals surface area contributed by atoms with Gasteiger partial charge in [0, 0.05) is 10.9 Å². The topological polar surface area (TPSA) is 36.3 Å². The molecule has 1 aromatic heterocycles.